The first kappa shape index (κ1) is 14.5. The minimum atomic E-state index is -3.70. The molecular formula is C11H17ClN4O2S. The molecule has 8 heteroatoms. The summed E-state index contributed by atoms with van der Waals surface area (Å²) in [6.07, 6.45) is 3.90. The zero-order chi connectivity index (χ0) is 14.0. The predicted octanol–water partition coefficient (Wildman–Crippen LogP) is 0.819. The van der Waals surface area contributed by atoms with E-state index in [1.807, 2.05) is 0 Å². The van der Waals surface area contributed by atoms with Gasteiger partial charge in [-0.25, -0.2) is 13.4 Å². The highest BCUT2D eigenvalue weighted by Gasteiger charge is 2.34. The number of pyridine rings is 1. The lowest BCUT2D eigenvalue weighted by molar-refractivity contribution is 0.257. The van der Waals surface area contributed by atoms with Crippen molar-refractivity contribution in [2.45, 2.75) is 30.2 Å². The van der Waals surface area contributed by atoms with E-state index in [2.05, 4.69) is 4.98 Å². The van der Waals surface area contributed by atoms with Crippen molar-refractivity contribution in [3.63, 3.8) is 0 Å². The number of nitrogens with zero attached hydrogens (tertiary/aromatic N) is 2. The van der Waals surface area contributed by atoms with E-state index < -0.39 is 10.0 Å². The Morgan fingerprint density at radius 1 is 1.47 bits per heavy atom. The van der Waals surface area contributed by atoms with E-state index in [0.29, 0.717) is 13.1 Å². The SMILES string of the molecule is NCC1CCCCN1S(=O)(=O)c1cc(Cl)cnc1N. The molecule has 2 rings (SSSR count). The molecule has 1 atom stereocenters. The third kappa shape index (κ3) is 2.84. The van der Waals surface area contributed by atoms with E-state index in [1.54, 1.807) is 0 Å². The molecule has 1 aromatic rings. The van der Waals surface area contributed by atoms with Crippen LogP contribution in [0.25, 0.3) is 0 Å². The van der Waals surface area contributed by atoms with Gasteiger partial charge in [0.1, 0.15) is 10.7 Å². The Bertz CT molecular complexity index is 564. The molecule has 0 saturated carbocycles. The first-order valence-corrected chi connectivity index (χ1v) is 7.91. The Morgan fingerprint density at radius 3 is 2.89 bits per heavy atom. The third-order valence-corrected chi connectivity index (χ3v) is 5.47. The molecule has 4 N–H and O–H groups in total. The van der Waals surface area contributed by atoms with Gasteiger partial charge in [-0.1, -0.05) is 18.0 Å². The van der Waals surface area contributed by atoms with Crippen LogP contribution >= 0.6 is 11.6 Å². The van der Waals surface area contributed by atoms with Crippen LogP contribution in [0.4, 0.5) is 5.82 Å². The van der Waals surface area contributed by atoms with Crippen molar-refractivity contribution in [3.8, 4) is 0 Å². The Morgan fingerprint density at radius 2 is 2.21 bits per heavy atom. The topological polar surface area (TPSA) is 102 Å². The van der Waals surface area contributed by atoms with Gasteiger partial charge in [0, 0.05) is 25.3 Å². The smallest absolute Gasteiger partial charge is 0.247 e. The normalized spacial score (nSPS) is 21.5. The summed E-state index contributed by atoms with van der Waals surface area (Å²) in [4.78, 5) is 3.76. The van der Waals surface area contributed by atoms with Gasteiger partial charge in [-0.05, 0) is 18.9 Å². The molecule has 2 heterocycles. The second-order valence-corrected chi connectivity index (χ2v) is 6.83. The maximum Gasteiger partial charge on any atom is 0.247 e. The number of nitrogen functional groups attached to an aromatic ring is 1. The van der Waals surface area contributed by atoms with Crippen molar-refractivity contribution in [2.75, 3.05) is 18.8 Å². The van der Waals surface area contributed by atoms with Crippen molar-refractivity contribution in [1.82, 2.24) is 9.29 Å². The van der Waals surface area contributed by atoms with Crippen LogP contribution in [0, 0.1) is 0 Å². The Hall–Kier alpha value is -0.890. The van der Waals surface area contributed by atoms with E-state index in [1.165, 1.54) is 16.6 Å². The summed E-state index contributed by atoms with van der Waals surface area (Å²) in [5.74, 6) is -0.0363. The number of anilines is 1. The van der Waals surface area contributed by atoms with Crippen molar-refractivity contribution < 1.29 is 8.42 Å². The standard InChI is InChI=1S/C11H17ClN4O2S/c12-8-5-10(11(14)15-7-8)19(17,18)16-4-2-1-3-9(16)6-13/h5,7,9H,1-4,6,13H2,(H2,14,15). The largest absolute Gasteiger partial charge is 0.383 e. The highest BCUT2D eigenvalue weighted by atomic mass is 35.5. The molecule has 0 aromatic carbocycles. The Labute approximate surface area is 117 Å². The van der Waals surface area contributed by atoms with E-state index in [9.17, 15) is 8.42 Å². The molecule has 1 saturated heterocycles. The number of rotatable bonds is 3. The highest BCUT2D eigenvalue weighted by molar-refractivity contribution is 7.89. The Balaban J connectivity index is 2.43. The summed E-state index contributed by atoms with van der Waals surface area (Å²) in [6, 6.07) is 1.15. The molecule has 0 radical (unpaired) electrons. The molecule has 0 aliphatic carbocycles. The third-order valence-electron chi connectivity index (χ3n) is 3.28. The molecular weight excluding hydrogens is 288 g/mol. The molecule has 19 heavy (non-hydrogen) atoms. The van der Waals surface area contributed by atoms with Gasteiger partial charge in [0.05, 0.1) is 5.02 Å². The fourth-order valence-corrected chi connectivity index (χ4v) is 4.31. The average molecular weight is 305 g/mol. The minimum Gasteiger partial charge on any atom is -0.383 e. The summed E-state index contributed by atoms with van der Waals surface area (Å²) in [5, 5.41) is 0.245. The Kier molecular flexibility index (Phi) is 4.29. The summed E-state index contributed by atoms with van der Waals surface area (Å²) in [5.41, 5.74) is 11.3. The van der Waals surface area contributed by atoms with Crippen LogP contribution in [-0.2, 0) is 10.0 Å². The number of sulfonamides is 1. The quantitative estimate of drug-likeness (QED) is 0.860. The number of hydrogen-bond acceptors (Lipinski definition) is 5. The molecule has 1 aromatic heterocycles. The lowest BCUT2D eigenvalue weighted by Crippen LogP contribution is -2.47. The van der Waals surface area contributed by atoms with Gasteiger partial charge in [-0.15, -0.1) is 0 Å². The average Bonchev–Trinajstić information content (AvgIpc) is 2.41. The summed E-state index contributed by atoms with van der Waals surface area (Å²) in [6.45, 7) is 0.753. The van der Waals surface area contributed by atoms with Crippen LogP contribution in [0.3, 0.4) is 0 Å². The number of hydrogen-bond donors (Lipinski definition) is 2. The first-order valence-electron chi connectivity index (χ1n) is 6.09. The van der Waals surface area contributed by atoms with Crippen LogP contribution < -0.4 is 11.5 Å². The lowest BCUT2D eigenvalue weighted by atomic mass is 10.1. The number of nitrogens with two attached hydrogens (primary N) is 2. The number of aromatic nitrogens is 1. The maximum absolute atomic E-state index is 12.6. The van der Waals surface area contributed by atoms with Crippen LogP contribution in [-0.4, -0.2) is 36.8 Å². The van der Waals surface area contributed by atoms with Gasteiger partial charge in [0.2, 0.25) is 10.0 Å². The number of halogens is 1. The van der Waals surface area contributed by atoms with Crippen LogP contribution in [0.2, 0.25) is 5.02 Å². The van der Waals surface area contributed by atoms with Gasteiger partial charge in [0.25, 0.3) is 0 Å². The van der Waals surface area contributed by atoms with E-state index in [-0.39, 0.29) is 21.8 Å². The van der Waals surface area contributed by atoms with Crippen LogP contribution in [0.5, 0.6) is 0 Å². The highest BCUT2D eigenvalue weighted by Crippen LogP contribution is 2.28. The van der Waals surface area contributed by atoms with Crippen molar-refractivity contribution in [3.05, 3.63) is 17.3 Å². The second-order valence-electron chi connectivity index (χ2n) is 4.54. The van der Waals surface area contributed by atoms with Crippen LogP contribution in [0.15, 0.2) is 17.2 Å². The van der Waals surface area contributed by atoms with E-state index in [4.69, 9.17) is 23.1 Å². The lowest BCUT2D eigenvalue weighted by Gasteiger charge is -2.34. The molecule has 0 spiro atoms. The van der Waals surface area contributed by atoms with Crippen molar-refractivity contribution in [1.29, 1.82) is 0 Å². The van der Waals surface area contributed by atoms with Gasteiger partial charge in [-0.2, -0.15) is 4.31 Å². The first-order chi connectivity index (χ1) is 8.96. The minimum absolute atomic E-state index is 0.0363. The molecule has 106 valence electrons. The zero-order valence-corrected chi connectivity index (χ0v) is 12.0. The maximum atomic E-state index is 12.6. The molecule has 1 aliphatic heterocycles. The van der Waals surface area contributed by atoms with Crippen LogP contribution in [0.1, 0.15) is 19.3 Å². The predicted molar refractivity (Wildman–Crippen MR) is 74.2 cm³/mol. The molecule has 0 bridgehead atoms. The fourth-order valence-electron chi connectivity index (χ4n) is 2.29. The van der Waals surface area contributed by atoms with Crippen molar-refractivity contribution in [2.24, 2.45) is 5.73 Å². The summed E-state index contributed by atoms with van der Waals surface area (Å²) >= 11 is 5.81. The molecule has 0 amide bonds. The van der Waals surface area contributed by atoms with Gasteiger partial charge >= 0.3 is 0 Å². The van der Waals surface area contributed by atoms with E-state index >= 15 is 0 Å². The molecule has 1 fully saturated rings. The summed E-state index contributed by atoms with van der Waals surface area (Å²) < 4.78 is 26.7. The van der Waals surface area contributed by atoms with Gasteiger partial charge < -0.3 is 11.5 Å². The zero-order valence-electron chi connectivity index (χ0n) is 10.4. The van der Waals surface area contributed by atoms with Gasteiger partial charge in [0.15, 0.2) is 0 Å². The molecule has 1 aliphatic rings. The molecule has 6 nitrogen and oxygen atoms in total. The fraction of sp³-hybridized carbons (Fsp3) is 0.545. The monoisotopic (exact) mass is 304 g/mol. The number of piperidine rings is 1. The van der Waals surface area contributed by atoms with E-state index in [0.717, 1.165) is 19.3 Å². The van der Waals surface area contributed by atoms with Gasteiger partial charge in [-0.3, -0.25) is 0 Å². The second kappa shape index (κ2) is 5.62. The van der Waals surface area contributed by atoms with Crippen molar-refractivity contribution >= 4 is 27.4 Å². The summed E-state index contributed by atoms with van der Waals surface area (Å²) in [7, 11) is -3.70. The molecule has 1 unspecified atom stereocenters.